The van der Waals surface area contributed by atoms with Crippen molar-refractivity contribution in [2.45, 2.75) is 20.4 Å². The zero-order valence-electron chi connectivity index (χ0n) is 15.3. The van der Waals surface area contributed by atoms with E-state index in [9.17, 15) is 9.59 Å². The van der Waals surface area contributed by atoms with E-state index in [1.165, 1.54) is 10.7 Å². The summed E-state index contributed by atoms with van der Waals surface area (Å²) in [6.45, 7) is 4.33. The quantitative estimate of drug-likeness (QED) is 0.678. The third-order valence-corrected chi connectivity index (χ3v) is 3.94. The highest BCUT2D eigenvalue weighted by Crippen LogP contribution is 2.18. The fourth-order valence-corrected chi connectivity index (χ4v) is 2.48. The minimum absolute atomic E-state index is 0.0834. The minimum atomic E-state index is -0.257. The van der Waals surface area contributed by atoms with Gasteiger partial charge in [0, 0.05) is 25.0 Å². The van der Waals surface area contributed by atoms with Crippen LogP contribution >= 0.6 is 0 Å². The summed E-state index contributed by atoms with van der Waals surface area (Å²) in [6, 6.07) is 10.6. The molecule has 0 atom stereocenters. The Morgan fingerprint density at radius 1 is 1.22 bits per heavy atom. The average Bonchev–Trinajstić information content (AvgIpc) is 3.19. The largest absolute Gasteiger partial charge is 0.483 e. The molecular formula is C19H21N5O3. The van der Waals surface area contributed by atoms with Crippen molar-refractivity contribution in [2.24, 2.45) is 0 Å². The lowest BCUT2D eigenvalue weighted by atomic mass is 10.1. The van der Waals surface area contributed by atoms with Gasteiger partial charge in [-0.15, -0.1) is 5.10 Å². The molecule has 2 heterocycles. The Hall–Kier alpha value is -3.42. The minimum Gasteiger partial charge on any atom is -0.483 e. The fraction of sp³-hybridized carbons (Fsp3) is 0.263. The van der Waals surface area contributed by atoms with Crippen LogP contribution in [-0.4, -0.2) is 38.6 Å². The van der Waals surface area contributed by atoms with Gasteiger partial charge in [-0.25, -0.2) is 9.36 Å². The van der Waals surface area contributed by atoms with Crippen molar-refractivity contribution in [1.82, 2.24) is 24.9 Å². The number of amides is 1. The summed E-state index contributed by atoms with van der Waals surface area (Å²) >= 11 is 0. The number of nitrogens with one attached hydrogen (secondary N) is 1. The Morgan fingerprint density at radius 3 is 2.85 bits per heavy atom. The Kier molecular flexibility index (Phi) is 5.65. The summed E-state index contributed by atoms with van der Waals surface area (Å²) in [4.78, 5) is 23.9. The second-order valence-electron chi connectivity index (χ2n) is 6.11. The van der Waals surface area contributed by atoms with E-state index in [1.54, 1.807) is 29.2 Å². The first-order valence-electron chi connectivity index (χ1n) is 8.58. The fourth-order valence-electron chi connectivity index (χ4n) is 2.48. The maximum Gasteiger partial charge on any atom is 0.266 e. The molecule has 3 rings (SSSR count). The van der Waals surface area contributed by atoms with Crippen LogP contribution in [0.2, 0.25) is 0 Å². The summed E-state index contributed by atoms with van der Waals surface area (Å²) in [7, 11) is 0. The van der Waals surface area contributed by atoms with Gasteiger partial charge < -0.3 is 10.1 Å². The lowest BCUT2D eigenvalue weighted by Gasteiger charge is -2.11. The molecule has 1 aromatic carbocycles. The van der Waals surface area contributed by atoms with Gasteiger partial charge in [-0.2, -0.15) is 5.10 Å². The highest BCUT2D eigenvalue weighted by Gasteiger charge is 2.07. The van der Waals surface area contributed by atoms with E-state index in [1.807, 2.05) is 32.0 Å². The topological polar surface area (TPSA) is 91.0 Å². The Balaban J connectivity index is 1.52. The monoisotopic (exact) mass is 367 g/mol. The summed E-state index contributed by atoms with van der Waals surface area (Å²) in [5.41, 5.74) is 1.80. The van der Waals surface area contributed by atoms with E-state index in [2.05, 4.69) is 15.5 Å². The molecule has 0 radical (unpaired) electrons. The third kappa shape index (κ3) is 4.81. The van der Waals surface area contributed by atoms with Crippen LogP contribution in [0, 0.1) is 13.8 Å². The smallest absolute Gasteiger partial charge is 0.266 e. The van der Waals surface area contributed by atoms with Crippen molar-refractivity contribution in [1.29, 1.82) is 0 Å². The van der Waals surface area contributed by atoms with Gasteiger partial charge in [-0.1, -0.05) is 12.1 Å². The number of hydrogen-bond donors (Lipinski definition) is 1. The molecule has 27 heavy (non-hydrogen) atoms. The standard InChI is InChI=1S/C19H21N5O3/c1-14-4-5-15(2)16(12-14)27-13-18(25)20-9-11-24-19(26)7-6-17(22-24)23-10-3-8-21-23/h3-8,10,12H,9,11,13H2,1-2H3,(H,20,25). The van der Waals surface area contributed by atoms with Gasteiger partial charge in [0.25, 0.3) is 11.5 Å². The molecule has 140 valence electrons. The first-order valence-corrected chi connectivity index (χ1v) is 8.58. The van der Waals surface area contributed by atoms with Crippen LogP contribution < -0.4 is 15.6 Å². The Bertz CT molecular complexity index is 979. The van der Waals surface area contributed by atoms with Gasteiger partial charge in [0.05, 0.1) is 6.54 Å². The summed E-state index contributed by atoms with van der Waals surface area (Å²) < 4.78 is 8.42. The number of nitrogens with zero attached hydrogens (tertiary/aromatic N) is 4. The molecule has 1 amide bonds. The van der Waals surface area contributed by atoms with Crippen molar-refractivity contribution in [3.8, 4) is 11.6 Å². The summed E-state index contributed by atoms with van der Waals surface area (Å²) in [6.07, 6.45) is 3.37. The molecule has 0 aliphatic rings. The normalized spacial score (nSPS) is 10.6. The molecule has 0 fully saturated rings. The number of aromatic nitrogens is 4. The van der Waals surface area contributed by atoms with Gasteiger partial charge in [-0.3, -0.25) is 9.59 Å². The molecule has 0 aliphatic heterocycles. The molecule has 3 aromatic rings. The number of hydrogen-bond acceptors (Lipinski definition) is 5. The van der Waals surface area contributed by atoms with Crippen LogP contribution in [0.1, 0.15) is 11.1 Å². The van der Waals surface area contributed by atoms with E-state index in [4.69, 9.17) is 4.74 Å². The van der Waals surface area contributed by atoms with E-state index in [0.29, 0.717) is 11.6 Å². The predicted molar refractivity (Wildman–Crippen MR) is 100 cm³/mol. The van der Waals surface area contributed by atoms with Crippen molar-refractivity contribution in [2.75, 3.05) is 13.2 Å². The third-order valence-electron chi connectivity index (χ3n) is 3.94. The maximum absolute atomic E-state index is 12.0. The van der Waals surface area contributed by atoms with Crippen molar-refractivity contribution in [3.63, 3.8) is 0 Å². The van der Waals surface area contributed by atoms with Crippen LogP contribution in [-0.2, 0) is 11.3 Å². The van der Waals surface area contributed by atoms with E-state index < -0.39 is 0 Å². The first kappa shape index (κ1) is 18.4. The Morgan fingerprint density at radius 2 is 2.07 bits per heavy atom. The molecular weight excluding hydrogens is 346 g/mol. The molecule has 0 spiro atoms. The molecule has 0 aliphatic carbocycles. The SMILES string of the molecule is Cc1ccc(C)c(OCC(=O)NCCn2nc(-n3cccn3)ccc2=O)c1. The van der Waals surface area contributed by atoms with Gasteiger partial charge in [0.15, 0.2) is 12.4 Å². The molecule has 0 saturated heterocycles. The van der Waals surface area contributed by atoms with Crippen molar-refractivity contribution >= 4 is 5.91 Å². The van der Waals surface area contributed by atoms with Crippen LogP contribution in [0.5, 0.6) is 5.75 Å². The van der Waals surface area contributed by atoms with Crippen molar-refractivity contribution < 1.29 is 9.53 Å². The molecule has 2 aromatic heterocycles. The highest BCUT2D eigenvalue weighted by molar-refractivity contribution is 5.77. The van der Waals surface area contributed by atoms with E-state index >= 15 is 0 Å². The zero-order chi connectivity index (χ0) is 19.2. The van der Waals surface area contributed by atoms with Gasteiger partial charge in [0.1, 0.15) is 5.75 Å². The van der Waals surface area contributed by atoms with Crippen LogP contribution in [0.3, 0.4) is 0 Å². The molecule has 0 bridgehead atoms. The number of rotatable bonds is 7. The summed E-state index contributed by atoms with van der Waals surface area (Å²) in [5, 5.41) is 11.1. The maximum atomic E-state index is 12.0. The van der Waals surface area contributed by atoms with Gasteiger partial charge >= 0.3 is 0 Å². The van der Waals surface area contributed by atoms with Crippen molar-refractivity contribution in [3.05, 3.63) is 70.3 Å². The van der Waals surface area contributed by atoms with Gasteiger partial charge in [0.2, 0.25) is 0 Å². The molecule has 0 unspecified atom stereocenters. The van der Waals surface area contributed by atoms with Crippen LogP contribution in [0.25, 0.3) is 5.82 Å². The molecule has 1 N–H and O–H groups in total. The first-order chi connectivity index (χ1) is 13.0. The predicted octanol–water partition coefficient (Wildman–Crippen LogP) is 1.24. The molecule has 0 saturated carbocycles. The number of aryl methyl sites for hydroxylation is 2. The average molecular weight is 367 g/mol. The van der Waals surface area contributed by atoms with Crippen LogP contribution in [0.4, 0.5) is 0 Å². The lowest BCUT2D eigenvalue weighted by Crippen LogP contribution is -2.34. The van der Waals surface area contributed by atoms with Gasteiger partial charge in [-0.05, 0) is 43.2 Å². The van der Waals surface area contributed by atoms with E-state index in [-0.39, 0.29) is 31.2 Å². The number of benzene rings is 1. The molecule has 8 nitrogen and oxygen atoms in total. The number of carbonyl (C=O) groups excluding carboxylic acids is 1. The summed E-state index contributed by atoms with van der Waals surface area (Å²) in [5.74, 6) is 0.964. The van der Waals surface area contributed by atoms with E-state index in [0.717, 1.165) is 11.1 Å². The lowest BCUT2D eigenvalue weighted by molar-refractivity contribution is -0.123. The van der Waals surface area contributed by atoms with Crippen LogP contribution in [0.15, 0.2) is 53.6 Å². The second-order valence-corrected chi connectivity index (χ2v) is 6.11. The molecule has 8 heteroatoms. The number of ether oxygens (including phenoxy) is 1. The zero-order valence-corrected chi connectivity index (χ0v) is 15.3. The Labute approximate surface area is 156 Å². The number of carbonyl (C=O) groups is 1. The highest BCUT2D eigenvalue weighted by atomic mass is 16.5. The second kappa shape index (κ2) is 8.31.